The molecule has 170 valence electrons. The van der Waals surface area contributed by atoms with E-state index in [2.05, 4.69) is 50.3 Å². The van der Waals surface area contributed by atoms with Gasteiger partial charge >= 0.3 is 0 Å². The van der Waals surface area contributed by atoms with Crippen LogP contribution in [0.1, 0.15) is 109 Å². The molecule has 1 saturated heterocycles. The van der Waals surface area contributed by atoms with Crippen molar-refractivity contribution in [1.82, 2.24) is 0 Å². The van der Waals surface area contributed by atoms with Gasteiger partial charge < -0.3 is 9.47 Å². The second-order valence-corrected chi connectivity index (χ2v) is 9.36. The summed E-state index contributed by atoms with van der Waals surface area (Å²) in [6, 6.07) is 8.53. The largest absolute Gasteiger partial charge is 0.491 e. The van der Waals surface area contributed by atoms with Crippen molar-refractivity contribution in [3.05, 3.63) is 42.0 Å². The van der Waals surface area contributed by atoms with Gasteiger partial charge in [-0.1, -0.05) is 102 Å². The summed E-state index contributed by atoms with van der Waals surface area (Å²) in [5.41, 5.74) is 1.34. The van der Waals surface area contributed by atoms with Crippen LogP contribution in [0.15, 0.2) is 36.4 Å². The Labute approximate surface area is 186 Å². The molecule has 0 aromatic heterocycles. The minimum absolute atomic E-state index is 0.0446. The maximum Gasteiger partial charge on any atom is 0.123 e. The average molecular weight is 415 g/mol. The number of hydrogen-bond donors (Lipinski definition) is 0. The van der Waals surface area contributed by atoms with E-state index >= 15 is 0 Å². The molecule has 1 unspecified atom stereocenters. The van der Waals surface area contributed by atoms with Crippen molar-refractivity contribution in [2.45, 2.75) is 116 Å². The summed E-state index contributed by atoms with van der Waals surface area (Å²) in [4.78, 5) is 0. The van der Waals surface area contributed by atoms with E-state index in [4.69, 9.17) is 9.47 Å². The highest BCUT2D eigenvalue weighted by Crippen LogP contribution is 2.27. The molecule has 1 aliphatic rings. The van der Waals surface area contributed by atoms with Crippen molar-refractivity contribution in [1.29, 1.82) is 0 Å². The molecule has 1 atom stereocenters. The monoisotopic (exact) mass is 414 g/mol. The second kappa shape index (κ2) is 15.5. The Morgan fingerprint density at radius 2 is 1.33 bits per heavy atom. The van der Waals surface area contributed by atoms with E-state index < -0.39 is 0 Å². The van der Waals surface area contributed by atoms with E-state index in [0.29, 0.717) is 6.61 Å². The van der Waals surface area contributed by atoms with Crippen LogP contribution in [0.3, 0.4) is 0 Å². The highest BCUT2D eigenvalue weighted by atomic mass is 16.6. The number of aryl methyl sites for hydroxylation is 1. The number of benzene rings is 1. The van der Waals surface area contributed by atoms with Crippen LogP contribution in [0.4, 0.5) is 0 Å². The number of rotatable bonds is 19. The van der Waals surface area contributed by atoms with Gasteiger partial charge in [0.1, 0.15) is 18.0 Å². The van der Waals surface area contributed by atoms with Gasteiger partial charge in [-0.25, -0.2) is 0 Å². The molecule has 1 fully saturated rings. The van der Waals surface area contributed by atoms with Gasteiger partial charge in [-0.3, -0.25) is 0 Å². The lowest BCUT2D eigenvalue weighted by molar-refractivity contribution is 0.202. The van der Waals surface area contributed by atoms with Gasteiger partial charge in [0.15, 0.2) is 0 Å². The van der Waals surface area contributed by atoms with Crippen molar-refractivity contribution in [2.75, 3.05) is 13.2 Å². The van der Waals surface area contributed by atoms with Crippen LogP contribution < -0.4 is 4.74 Å². The molecular formula is C28H46O2. The van der Waals surface area contributed by atoms with Crippen LogP contribution in [0.2, 0.25) is 0 Å². The lowest BCUT2D eigenvalue weighted by atomic mass is 10.0. The van der Waals surface area contributed by atoms with Crippen molar-refractivity contribution in [3.8, 4) is 5.75 Å². The van der Waals surface area contributed by atoms with Gasteiger partial charge in [-0.2, -0.15) is 0 Å². The number of unbranched alkanes of at least 4 members (excludes halogenated alkanes) is 12. The molecule has 2 nitrogen and oxygen atoms in total. The Bertz CT molecular complexity index is 557. The van der Waals surface area contributed by atoms with Gasteiger partial charge in [0.25, 0.3) is 0 Å². The first-order chi connectivity index (χ1) is 14.7. The summed E-state index contributed by atoms with van der Waals surface area (Å²) in [6.45, 7) is 5.84. The predicted molar refractivity (Wildman–Crippen MR) is 129 cm³/mol. The lowest BCUT2D eigenvalue weighted by Gasteiger charge is -2.09. The summed E-state index contributed by atoms with van der Waals surface area (Å²) in [5.74, 6) is 0.943. The molecule has 1 aromatic rings. The third-order valence-corrected chi connectivity index (χ3v) is 6.10. The summed E-state index contributed by atoms with van der Waals surface area (Å²) in [6.07, 6.45) is 25.3. The SMILES string of the molecule is CCCCCCCCCCCCCC/C=C/CCc1ccc(OCC2(C)CO2)cc1. The number of hydrogen-bond acceptors (Lipinski definition) is 2. The van der Waals surface area contributed by atoms with Crippen LogP contribution in [-0.4, -0.2) is 18.8 Å². The molecule has 0 spiro atoms. The van der Waals surface area contributed by atoms with Crippen molar-refractivity contribution in [2.24, 2.45) is 0 Å². The molecular weight excluding hydrogens is 368 g/mol. The van der Waals surface area contributed by atoms with E-state index in [1.54, 1.807) is 0 Å². The number of epoxide rings is 1. The fourth-order valence-corrected chi connectivity index (χ4v) is 3.78. The standard InChI is InChI=1S/C28H46O2/c1-3-4-5-6-7-8-9-10-11-12-13-14-15-16-17-18-19-26-20-22-27(23-21-26)29-24-28(2)25-30-28/h16-17,20-23H,3-15,18-19,24-25H2,1-2H3/b17-16+. The minimum atomic E-state index is -0.0446. The molecule has 0 saturated carbocycles. The Morgan fingerprint density at radius 3 is 1.90 bits per heavy atom. The Kier molecular flexibility index (Phi) is 12.9. The molecule has 0 bridgehead atoms. The zero-order chi connectivity index (χ0) is 21.3. The lowest BCUT2D eigenvalue weighted by Crippen LogP contribution is -2.16. The third kappa shape index (κ3) is 12.4. The second-order valence-electron chi connectivity index (χ2n) is 9.36. The molecule has 0 N–H and O–H groups in total. The summed E-state index contributed by atoms with van der Waals surface area (Å²) in [7, 11) is 0. The van der Waals surface area contributed by atoms with Crippen molar-refractivity contribution >= 4 is 0 Å². The zero-order valence-corrected chi connectivity index (χ0v) is 19.8. The summed E-state index contributed by atoms with van der Waals surface area (Å²) >= 11 is 0. The van der Waals surface area contributed by atoms with E-state index in [9.17, 15) is 0 Å². The Morgan fingerprint density at radius 1 is 0.800 bits per heavy atom. The predicted octanol–water partition coefficient (Wildman–Crippen LogP) is 8.43. The quantitative estimate of drug-likeness (QED) is 0.129. The van der Waals surface area contributed by atoms with Crippen LogP contribution in [0, 0.1) is 0 Å². The summed E-state index contributed by atoms with van der Waals surface area (Å²) in [5, 5.41) is 0. The topological polar surface area (TPSA) is 21.8 Å². The zero-order valence-electron chi connectivity index (χ0n) is 19.8. The number of allylic oxidation sites excluding steroid dienone is 2. The fraction of sp³-hybridized carbons (Fsp3) is 0.714. The first-order valence-corrected chi connectivity index (χ1v) is 12.7. The Hall–Kier alpha value is -1.28. The molecule has 1 aromatic carbocycles. The van der Waals surface area contributed by atoms with Crippen molar-refractivity contribution in [3.63, 3.8) is 0 Å². The molecule has 0 aliphatic carbocycles. The first-order valence-electron chi connectivity index (χ1n) is 12.7. The third-order valence-electron chi connectivity index (χ3n) is 6.10. The van der Waals surface area contributed by atoms with Crippen LogP contribution in [0.5, 0.6) is 5.75 Å². The normalized spacial score (nSPS) is 18.2. The van der Waals surface area contributed by atoms with E-state index in [1.165, 1.54) is 89.0 Å². The maximum absolute atomic E-state index is 5.78. The molecule has 0 radical (unpaired) electrons. The van der Waals surface area contributed by atoms with Crippen LogP contribution in [-0.2, 0) is 11.2 Å². The molecule has 1 aliphatic heterocycles. The minimum Gasteiger partial charge on any atom is -0.491 e. The fourth-order valence-electron chi connectivity index (χ4n) is 3.78. The summed E-state index contributed by atoms with van der Waals surface area (Å²) < 4.78 is 11.1. The highest BCUT2D eigenvalue weighted by Gasteiger charge is 2.40. The Balaban J connectivity index is 1.36. The van der Waals surface area contributed by atoms with Gasteiger partial charge in [0, 0.05) is 0 Å². The smallest absolute Gasteiger partial charge is 0.123 e. The molecule has 30 heavy (non-hydrogen) atoms. The van der Waals surface area contributed by atoms with Crippen molar-refractivity contribution < 1.29 is 9.47 Å². The molecule has 2 rings (SSSR count). The van der Waals surface area contributed by atoms with Gasteiger partial charge in [0.05, 0.1) is 6.61 Å². The average Bonchev–Trinajstić information content (AvgIpc) is 3.50. The maximum atomic E-state index is 5.78. The van der Waals surface area contributed by atoms with Gasteiger partial charge in [0.2, 0.25) is 0 Å². The van der Waals surface area contributed by atoms with E-state index in [1.807, 2.05) is 0 Å². The highest BCUT2D eigenvalue weighted by molar-refractivity contribution is 5.27. The van der Waals surface area contributed by atoms with Gasteiger partial charge in [-0.15, -0.1) is 0 Å². The van der Waals surface area contributed by atoms with E-state index in [0.717, 1.165) is 25.2 Å². The van der Waals surface area contributed by atoms with Crippen LogP contribution >= 0.6 is 0 Å². The van der Waals surface area contributed by atoms with Gasteiger partial charge in [-0.05, 0) is 50.3 Å². The molecule has 2 heteroatoms. The number of ether oxygens (including phenoxy) is 2. The first kappa shape index (κ1) is 25.0. The molecule has 1 heterocycles. The van der Waals surface area contributed by atoms with Crippen LogP contribution in [0.25, 0.3) is 0 Å². The van der Waals surface area contributed by atoms with E-state index in [-0.39, 0.29) is 5.60 Å². The molecule has 0 amide bonds.